The molecule has 3 heteroatoms. The fraction of sp³-hybridized carbons (Fsp3) is 0.357. The summed E-state index contributed by atoms with van der Waals surface area (Å²) in [6, 6.07) is 7.83. The number of carbonyl (C=O) groups is 1. The summed E-state index contributed by atoms with van der Waals surface area (Å²) in [5, 5.41) is 10.2. The molecule has 2 rings (SSSR count). The molecule has 0 unspecified atom stereocenters. The molecule has 0 saturated heterocycles. The Kier molecular flexibility index (Phi) is 2.69. The van der Waals surface area contributed by atoms with Crippen molar-refractivity contribution in [3.8, 4) is 0 Å². The van der Waals surface area contributed by atoms with Gasteiger partial charge >= 0.3 is 5.97 Å². The molecule has 1 N–H and O–H groups in total. The van der Waals surface area contributed by atoms with Crippen LogP contribution in [0.1, 0.15) is 25.2 Å². The van der Waals surface area contributed by atoms with Gasteiger partial charge in [0.15, 0.2) is 0 Å². The highest BCUT2D eigenvalue weighted by molar-refractivity contribution is 5.79. The Bertz CT molecular complexity index is 564. The molecular formula is C14H16O3. The highest BCUT2D eigenvalue weighted by Crippen LogP contribution is 2.26. The first kappa shape index (κ1) is 11.7. The normalized spacial score (nSPS) is 11.9. The Labute approximate surface area is 100 Å². The highest BCUT2D eigenvalue weighted by atomic mass is 16.4. The smallest absolute Gasteiger partial charge is 0.309 e. The van der Waals surface area contributed by atoms with Crippen LogP contribution in [0.5, 0.6) is 0 Å². The predicted molar refractivity (Wildman–Crippen MR) is 66.1 cm³/mol. The van der Waals surface area contributed by atoms with E-state index in [-0.39, 0.29) is 0 Å². The number of aryl methyl sites for hydroxylation is 1. The van der Waals surface area contributed by atoms with Crippen molar-refractivity contribution in [2.45, 2.75) is 27.2 Å². The molecule has 0 atom stereocenters. The lowest BCUT2D eigenvalue weighted by molar-refractivity contribution is -0.146. The molecule has 0 bridgehead atoms. The maximum absolute atomic E-state index is 11.1. The lowest BCUT2D eigenvalue weighted by Gasteiger charge is -2.18. The second kappa shape index (κ2) is 3.91. The van der Waals surface area contributed by atoms with Gasteiger partial charge in [0.05, 0.1) is 5.41 Å². The number of hydrogen-bond acceptors (Lipinski definition) is 2. The third-order valence-corrected chi connectivity index (χ3v) is 2.93. The number of hydrogen-bond donors (Lipinski definition) is 1. The van der Waals surface area contributed by atoms with Gasteiger partial charge in [-0.2, -0.15) is 0 Å². The predicted octanol–water partition coefficient (Wildman–Crippen LogP) is 3.39. The molecule has 0 spiro atoms. The Morgan fingerprint density at radius 2 is 2.06 bits per heavy atom. The van der Waals surface area contributed by atoms with Crippen LogP contribution in [0, 0.1) is 12.3 Å². The first-order chi connectivity index (χ1) is 7.88. The van der Waals surface area contributed by atoms with Crippen molar-refractivity contribution >= 4 is 16.9 Å². The molecule has 0 aliphatic rings. The third-order valence-electron chi connectivity index (χ3n) is 2.93. The van der Waals surface area contributed by atoms with Crippen LogP contribution < -0.4 is 0 Å². The summed E-state index contributed by atoms with van der Waals surface area (Å²) in [5.74, 6) is 0.0860. The zero-order chi connectivity index (χ0) is 12.6. The molecule has 1 aromatic carbocycles. The molecule has 90 valence electrons. The van der Waals surface area contributed by atoms with Crippen LogP contribution in [0.4, 0.5) is 0 Å². The Balaban J connectivity index is 2.34. The van der Waals surface area contributed by atoms with E-state index in [0.29, 0.717) is 6.42 Å². The van der Waals surface area contributed by atoms with Crippen LogP contribution in [0.2, 0.25) is 0 Å². The minimum Gasteiger partial charge on any atom is -0.481 e. The van der Waals surface area contributed by atoms with Gasteiger partial charge in [-0.3, -0.25) is 4.79 Å². The number of benzene rings is 1. The van der Waals surface area contributed by atoms with Gasteiger partial charge < -0.3 is 9.52 Å². The van der Waals surface area contributed by atoms with Crippen molar-refractivity contribution in [3.63, 3.8) is 0 Å². The van der Waals surface area contributed by atoms with Gasteiger partial charge in [-0.25, -0.2) is 0 Å². The number of carboxylic acids is 1. The van der Waals surface area contributed by atoms with Crippen molar-refractivity contribution in [3.05, 3.63) is 35.6 Å². The van der Waals surface area contributed by atoms with E-state index in [2.05, 4.69) is 0 Å². The lowest BCUT2D eigenvalue weighted by Crippen LogP contribution is -2.26. The van der Waals surface area contributed by atoms with E-state index in [0.717, 1.165) is 22.3 Å². The summed E-state index contributed by atoms with van der Waals surface area (Å²) in [6.07, 6.45) is 0.498. The Morgan fingerprint density at radius 3 is 2.71 bits per heavy atom. The number of furan rings is 1. The van der Waals surface area contributed by atoms with Gasteiger partial charge in [-0.15, -0.1) is 0 Å². The average Bonchev–Trinajstić information content (AvgIpc) is 2.56. The molecule has 3 nitrogen and oxygen atoms in total. The van der Waals surface area contributed by atoms with Crippen molar-refractivity contribution in [2.75, 3.05) is 0 Å². The molecular weight excluding hydrogens is 216 g/mol. The minimum atomic E-state index is -0.784. The van der Waals surface area contributed by atoms with Crippen molar-refractivity contribution in [1.29, 1.82) is 0 Å². The zero-order valence-corrected chi connectivity index (χ0v) is 10.3. The van der Waals surface area contributed by atoms with Crippen molar-refractivity contribution in [2.24, 2.45) is 5.41 Å². The SMILES string of the molecule is Cc1cc2ccc(CC(C)(C)C(=O)O)cc2o1. The molecule has 1 heterocycles. The largest absolute Gasteiger partial charge is 0.481 e. The lowest BCUT2D eigenvalue weighted by atomic mass is 9.86. The summed E-state index contributed by atoms with van der Waals surface area (Å²) in [6.45, 7) is 5.36. The molecule has 0 aliphatic heterocycles. The topological polar surface area (TPSA) is 50.4 Å². The van der Waals surface area contributed by atoms with E-state index in [1.54, 1.807) is 13.8 Å². The van der Waals surface area contributed by atoms with E-state index >= 15 is 0 Å². The first-order valence-corrected chi connectivity index (χ1v) is 5.61. The van der Waals surface area contributed by atoms with Crippen molar-refractivity contribution < 1.29 is 14.3 Å². The van der Waals surface area contributed by atoms with Gasteiger partial charge in [0.1, 0.15) is 11.3 Å². The molecule has 17 heavy (non-hydrogen) atoms. The molecule has 2 aromatic rings. The van der Waals surface area contributed by atoms with Crippen LogP contribution in [0.25, 0.3) is 11.0 Å². The van der Waals surface area contributed by atoms with E-state index in [1.165, 1.54) is 0 Å². The molecule has 0 aliphatic carbocycles. The summed E-state index contributed by atoms with van der Waals surface area (Å²) >= 11 is 0. The van der Waals surface area contributed by atoms with Crippen LogP contribution in [-0.2, 0) is 11.2 Å². The van der Waals surface area contributed by atoms with Crippen molar-refractivity contribution in [1.82, 2.24) is 0 Å². The first-order valence-electron chi connectivity index (χ1n) is 5.61. The van der Waals surface area contributed by atoms with Crippen LogP contribution >= 0.6 is 0 Å². The average molecular weight is 232 g/mol. The van der Waals surface area contributed by atoms with Gasteiger partial charge in [-0.05, 0) is 44.9 Å². The summed E-state index contributed by atoms with van der Waals surface area (Å²) < 4.78 is 5.54. The van der Waals surface area contributed by atoms with E-state index in [1.807, 2.05) is 31.2 Å². The highest BCUT2D eigenvalue weighted by Gasteiger charge is 2.27. The third kappa shape index (κ3) is 2.33. The number of fused-ring (bicyclic) bond motifs is 1. The molecule has 0 radical (unpaired) electrons. The Hall–Kier alpha value is -1.77. The minimum absolute atomic E-state index is 0.498. The van der Waals surface area contributed by atoms with Crippen LogP contribution in [-0.4, -0.2) is 11.1 Å². The van der Waals surface area contributed by atoms with Gasteiger partial charge in [-0.1, -0.05) is 12.1 Å². The second-order valence-corrected chi connectivity index (χ2v) is 5.10. The van der Waals surface area contributed by atoms with Crippen LogP contribution in [0.3, 0.4) is 0 Å². The number of rotatable bonds is 3. The van der Waals surface area contributed by atoms with Gasteiger partial charge in [0.2, 0.25) is 0 Å². The van der Waals surface area contributed by atoms with Gasteiger partial charge in [0.25, 0.3) is 0 Å². The quantitative estimate of drug-likeness (QED) is 0.882. The fourth-order valence-electron chi connectivity index (χ4n) is 1.90. The van der Waals surface area contributed by atoms with Crippen LogP contribution in [0.15, 0.2) is 28.7 Å². The van der Waals surface area contributed by atoms with E-state index in [4.69, 9.17) is 9.52 Å². The van der Waals surface area contributed by atoms with Gasteiger partial charge in [0, 0.05) is 5.39 Å². The maximum atomic E-state index is 11.1. The summed E-state index contributed by atoms with van der Waals surface area (Å²) in [7, 11) is 0. The fourth-order valence-corrected chi connectivity index (χ4v) is 1.90. The molecule has 0 amide bonds. The summed E-state index contributed by atoms with van der Waals surface area (Å²) in [5.41, 5.74) is 1.05. The number of aliphatic carboxylic acids is 1. The van der Waals surface area contributed by atoms with E-state index < -0.39 is 11.4 Å². The standard InChI is InChI=1S/C14H16O3/c1-9-6-11-5-4-10(7-12(11)17-9)8-14(2,3)13(15)16/h4-7H,8H2,1-3H3,(H,15,16). The zero-order valence-electron chi connectivity index (χ0n) is 10.3. The number of carboxylic acid groups (broad SMARTS) is 1. The van der Waals surface area contributed by atoms with E-state index in [9.17, 15) is 4.79 Å². The maximum Gasteiger partial charge on any atom is 0.309 e. The molecule has 0 saturated carbocycles. The monoisotopic (exact) mass is 232 g/mol. The second-order valence-electron chi connectivity index (χ2n) is 5.10. The molecule has 0 fully saturated rings. The summed E-state index contributed by atoms with van der Waals surface area (Å²) in [4.78, 5) is 11.1. The molecule has 1 aromatic heterocycles. The Morgan fingerprint density at radius 1 is 1.35 bits per heavy atom.